The zero-order valence-corrected chi connectivity index (χ0v) is 13.6. The number of benzene rings is 2. The van der Waals surface area contributed by atoms with E-state index in [1.165, 1.54) is 19.1 Å². The summed E-state index contributed by atoms with van der Waals surface area (Å²) in [6.07, 6.45) is 0.968. The molecule has 1 aromatic heterocycles. The quantitative estimate of drug-likeness (QED) is 0.655. The summed E-state index contributed by atoms with van der Waals surface area (Å²) in [7, 11) is -3.69. The van der Waals surface area contributed by atoms with Crippen molar-refractivity contribution in [3.8, 4) is 11.3 Å². The van der Waals surface area contributed by atoms with Crippen LogP contribution < -0.4 is 0 Å². The standard InChI is InChI=1S/C17H12F3NO2S/c1-9-16(20)15-12(19)4-3-5-13(15)21-17(9)11-8-10(18)6-7-14(11)24(2,22)23/h3-8H,1-2H3. The molecule has 1 heterocycles. The zero-order valence-electron chi connectivity index (χ0n) is 12.8. The maximum atomic E-state index is 14.6. The van der Waals surface area contributed by atoms with Gasteiger partial charge in [0, 0.05) is 17.4 Å². The van der Waals surface area contributed by atoms with Crippen LogP contribution in [0.1, 0.15) is 5.56 Å². The summed E-state index contributed by atoms with van der Waals surface area (Å²) in [5, 5.41) is -0.281. The van der Waals surface area contributed by atoms with Gasteiger partial charge in [0.2, 0.25) is 0 Å². The van der Waals surface area contributed by atoms with Crippen LogP contribution in [0.4, 0.5) is 13.2 Å². The summed E-state index contributed by atoms with van der Waals surface area (Å²) in [6, 6.07) is 6.98. The molecule has 7 heteroatoms. The molecule has 3 aromatic rings. The van der Waals surface area contributed by atoms with Gasteiger partial charge in [-0.05, 0) is 37.3 Å². The Bertz CT molecular complexity index is 1080. The lowest BCUT2D eigenvalue weighted by atomic mass is 10.0. The van der Waals surface area contributed by atoms with E-state index in [9.17, 15) is 21.6 Å². The fraction of sp³-hybridized carbons (Fsp3) is 0.118. The van der Waals surface area contributed by atoms with Gasteiger partial charge in [-0.2, -0.15) is 0 Å². The van der Waals surface area contributed by atoms with Crippen molar-refractivity contribution in [1.82, 2.24) is 4.98 Å². The predicted molar refractivity (Wildman–Crippen MR) is 84.9 cm³/mol. The molecule has 0 aliphatic rings. The van der Waals surface area contributed by atoms with Crippen LogP contribution in [0.3, 0.4) is 0 Å². The number of aromatic nitrogens is 1. The summed E-state index contributed by atoms with van der Waals surface area (Å²) in [5.41, 5.74) is -0.120. The van der Waals surface area contributed by atoms with E-state index in [1.807, 2.05) is 0 Å². The van der Waals surface area contributed by atoms with E-state index in [4.69, 9.17) is 0 Å². The van der Waals surface area contributed by atoms with E-state index < -0.39 is 27.3 Å². The lowest BCUT2D eigenvalue weighted by Crippen LogP contribution is -2.04. The van der Waals surface area contributed by atoms with Crippen LogP contribution in [-0.2, 0) is 9.84 Å². The lowest BCUT2D eigenvalue weighted by Gasteiger charge is -2.13. The van der Waals surface area contributed by atoms with Gasteiger partial charge < -0.3 is 0 Å². The van der Waals surface area contributed by atoms with E-state index in [0.717, 1.165) is 30.5 Å². The maximum absolute atomic E-state index is 14.6. The Balaban J connectivity index is 2.44. The third kappa shape index (κ3) is 2.65. The van der Waals surface area contributed by atoms with E-state index in [2.05, 4.69) is 4.98 Å². The van der Waals surface area contributed by atoms with Crippen LogP contribution in [0.2, 0.25) is 0 Å². The summed E-state index contributed by atoms with van der Waals surface area (Å²) in [5.74, 6) is -2.30. The number of fused-ring (bicyclic) bond motifs is 1. The molecule has 0 radical (unpaired) electrons. The Kier molecular flexibility index (Phi) is 3.83. The maximum Gasteiger partial charge on any atom is 0.176 e. The van der Waals surface area contributed by atoms with E-state index in [1.54, 1.807) is 0 Å². The number of pyridine rings is 1. The second-order valence-electron chi connectivity index (χ2n) is 5.45. The molecule has 0 fully saturated rings. The number of hydrogen-bond donors (Lipinski definition) is 0. The third-order valence-corrected chi connectivity index (χ3v) is 4.88. The molecule has 0 aliphatic carbocycles. The minimum absolute atomic E-state index is 0.0248. The zero-order chi connectivity index (χ0) is 17.6. The van der Waals surface area contributed by atoms with Crippen LogP contribution in [0, 0.1) is 24.4 Å². The average Bonchev–Trinajstić information content (AvgIpc) is 2.49. The first-order chi connectivity index (χ1) is 11.2. The molecule has 2 aromatic carbocycles. The van der Waals surface area contributed by atoms with Gasteiger partial charge in [-0.3, -0.25) is 0 Å². The van der Waals surface area contributed by atoms with Crippen molar-refractivity contribution in [3.63, 3.8) is 0 Å². The Hall–Kier alpha value is -2.41. The molecule has 0 saturated heterocycles. The number of rotatable bonds is 2. The number of nitrogens with zero attached hydrogens (tertiary/aromatic N) is 1. The molecule has 0 N–H and O–H groups in total. The van der Waals surface area contributed by atoms with Gasteiger partial charge in [0.25, 0.3) is 0 Å². The molecular weight excluding hydrogens is 339 g/mol. The Morgan fingerprint density at radius 2 is 1.75 bits per heavy atom. The van der Waals surface area contributed by atoms with Crippen molar-refractivity contribution in [2.24, 2.45) is 0 Å². The normalized spacial score (nSPS) is 11.9. The minimum atomic E-state index is -3.69. The first-order valence-electron chi connectivity index (χ1n) is 6.94. The first-order valence-corrected chi connectivity index (χ1v) is 8.83. The van der Waals surface area contributed by atoms with Crippen molar-refractivity contribution in [2.75, 3.05) is 6.26 Å². The fourth-order valence-electron chi connectivity index (χ4n) is 2.59. The highest BCUT2D eigenvalue weighted by molar-refractivity contribution is 7.90. The van der Waals surface area contributed by atoms with Gasteiger partial charge in [-0.1, -0.05) is 6.07 Å². The van der Waals surface area contributed by atoms with Gasteiger partial charge in [-0.25, -0.2) is 26.6 Å². The summed E-state index contributed by atoms with van der Waals surface area (Å²) in [4.78, 5) is 4.00. The van der Waals surface area contributed by atoms with Gasteiger partial charge in [0.1, 0.15) is 17.5 Å². The first kappa shape index (κ1) is 16.4. The van der Waals surface area contributed by atoms with Crippen LogP contribution in [0.15, 0.2) is 41.3 Å². The van der Waals surface area contributed by atoms with Crippen molar-refractivity contribution in [3.05, 3.63) is 59.4 Å². The SMILES string of the molecule is Cc1c(-c2cc(F)ccc2S(C)(=O)=O)nc2cccc(F)c2c1F. The van der Waals surface area contributed by atoms with Crippen LogP contribution in [-0.4, -0.2) is 19.7 Å². The topological polar surface area (TPSA) is 47.0 Å². The average molecular weight is 351 g/mol. The molecule has 124 valence electrons. The van der Waals surface area contributed by atoms with Crippen LogP contribution >= 0.6 is 0 Å². The molecule has 0 unspecified atom stereocenters. The fourth-order valence-corrected chi connectivity index (χ4v) is 3.46. The van der Waals surface area contributed by atoms with E-state index in [-0.39, 0.29) is 32.6 Å². The molecule has 0 aliphatic heterocycles. The summed E-state index contributed by atoms with van der Waals surface area (Å²) in [6.45, 7) is 1.35. The number of hydrogen-bond acceptors (Lipinski definition) is 3. The molecular formula is C17H12F3NO2S. The van der Waals surface area contributed by atoms with Crippen molar-refractivity contribution in [1.29, 1.82) is 0 Å². The Morgan fingerprint density at radius 3 is 2.42 bits per heavy atom. The summed E-state index contributed by atoms with van der Waals surface area (Å²) >= 11 is 0. The predicted octanol–water partition coefficient (Wildman–Crippen LogP) is 4.03. The van der Waals surface area contributed by atoms with Gasteiger partial charge in [0.15, 0.2) is 9.84 Å². The molecule has 0 spiro atoms. The molecule has 0 amide bonds. The highest BCUT2D eigenvalue weighted by atomic mass is 32.2. The van der Waals surface area contributed by atoms with Crippen molar-refractivity contribution >= 4 is 20.7 Å². The van der Waals surface area contributed by atoms with Gasteiger partial charge in [0.05, 0.1) is 21.5 Å². The Morgan fingerprint density at radius 1 is 1.04 bits per heavy atom. The number of halogens is 3. The van der Waals surface area contributed by atoms with Crippen molar-refractivity contribution in [2.45, 2.75) is 11.8 Å². The van der Waals surface area contributed by atoms with Crippen LogP contribution in [0.25, 0.3) is 22.2 Å². The monoisotopic (exact) mass is 351 g/mol. The van der Waals surface area contributed by atoms with Crippen LogP contribution in [0.5, 0.6) is 0 Å². The molecule has 24 heavy (non-hydrogen) atoms. The molecule has 3 nitrogen and oxygen atoms in total. The van der Waals surface area contributed by atoms with Gasteiger partial charge in [-0.15, -0.1) is 0 Å². The molecule has 3 rings (SSSR count). The minimum Gasteiger partial charge on any atom is -0.247 e. The second kappa shape index (κ2) is 5.59. The largest absolute Gasteiger partial charge is 0.247 e. The van der Waals surface area contributed by atoms with Gasteiger partial charge >= 0.3 is 0 Å². The second-order valence-corrected chi connectivity index (χ2v) is 7.43. The molecule has 0 atom stereocenters. The molecule has 0 bridgehead atoms. The highest BCUT2D eigenvalue weighted by Gasteiger charge is 2.22. The van der Waals surface area contributed by atoms with E-state index >= 15 is 0 Å². The smallest absolute Gasteiger partial charge is 0.176 e. The lowest BCUT2D eigenvalue weighted by molar-refractivity contribution is 0.598. The third-order valence-electron chi connectivity index (χ3n) is 3.72. The number of sulfone groups is 1. The van der Waals surface area contributed by atoms with E-state index in [0.29, 0.717) is 0 Å². The molecule has 0 saturated carbocycles. The summed E-state index contributed by atoms with van der Waals surface area (Å²) < 4.78 is 66.0. The van der Waals surface area contributed by atoms with Crippen molar-refractivity contribution < 1.29 is 21.6 Å². The highest BCUT2D eigenvalue weighted by Crippen LogP contribution is 2.33. The Labute approximate surface area is 136 Å².